The molecule has 1 fully saturated rings. The Morgan fingerprint density at radius 1 is 1.56 bits per heavy atom. The van der Waals surface area contributed by atoms with Crippen molar-refractivity contribution in [2.75, 3.05) is 25.1 Å². The van der Waals surface area contributed by atoms with Crippen LogP contribution in [0.2, 0.25) is 0 Å². The van der Waals surface area contributed by atoms with Crippen LogP contribution in [0.5, 0.6) is 0 Å². The molecule has 18 heavy (non-hydrogen) atoms. The molecule has 5 heteroatoms. The van der Waals surface area contributed by atoms with Crippen molar-refractivity contribution in [2.24, 2.45) is 11.7 Å². The maximum absolute atomic E-state index is 13.6. The van der Waals surface area contributed by atoms with Gasteiger partial charge in [-0.05, 0) is 30.9 Å². The maximum atomic E-state index is 13.6. The first-order valence-electron chi connectivity index (χ1n) is 6.08. The molecule has 0 aromatic heterocycles. The molecule has 3 nitrogen and oxygen atoms in total. The largest absolute Gasteiger partial charge is 0.389 e. The SMILES string of the molecule is NC(=S)c1c(F)cccc1NCC1CCCOC1. The van der Waals surface area contributed by atoms with Gasteiger partial charge in [0.15, 0.2) is 0 Å². The maximum Gasteiger partial charge on any atom is 0.135 e. The van der Waals surface area contributed by atoms with E-state index in [2.05, 4.69) is 5.32 Å². The van der Waals surface area contributed by atoms with E-state index in [0.717, 1.165) is 32.6 Å². The molecule has 1 heterocycles. The summed E-state index contributed by atoms with van der Waals surface area (Å²) >= 11 is 4.88. The Morgan fingerprint density at radius 2 is 2.39 bits per heavy atom. The van der Waals surface area contributed by atoms with E-state index in [1.54, 1.807) is 12.1 Å². The number of anilines is 1. The summed E-state index contributed by atoms with van der Waals surface area (Å²) < 4.78 is 19.0. The summed E-state index contributed by atoms with van der Waals surface area (Å²) in [6.45, 7) is 2.35. The lowest BCUT2D eigenvalue weighted by Gasteiger charge is -2.23. The van der Waals surface area contributed by atoms with Crippen LogP contribution in [0.25, 0.3) is 0 Å². The van der Waals surface area contributed by atoms with E-state index in [1.807, 2.05) is 0 Å². The molecule has 1 aromatic carbocycles. The van der Waals surface area contributed by atoms with Crippen LogP contribution < -0.4 is 11.1 Å². The highest BCUT2D eigenvalue weighted by Crippen LogP contribution is 2.21. The molecule has 0 bridgehead atoms. The van der Waals surface area contributed by atoms with Gasteiger partial charge in [0.1, 0.15) is 10.8 Å². The van der Waals surface area contributed by atoms with Crippen LogP contribution in [-0.4, -0.2) is 24.7 Å². The zero-order chi connectivity index (χ0) is 13.0. The lowest BCUT2D eigenvalue weighted by molar-refractivity contribution is 0.0595. The number of hydrogen-bond acceptors (Lipinski definition) is 3. The predicted octanol–water partition coefficient (Wildman–Crippen LogP) is 2.30. The number of rotatable bonds is 4. The Morgan fingerprint density at radius 3 is 3.06 bits per heavy atom. The molecule has 3 N–H and O–H groups in total. The molecule has 0 aliphatic carbocycles. The van der Waals surface area contributed by atoms with Gasteiger partial charge in [0.05, 0.1) is 12.2 Å². The number of ether oxygens (including phenoxy) is 1. The summed E-state index contributed by atoms with van der Waals surface area (Å²) in [5.41, 5.74) is 6.51. The average molecular weight is 268 g/mol. The zero-order valence-electron chi connectivity index (χ0n) is 10.1. The minimum absolute atomic E-state index is 0.0792. The smallest absolute Gasteiger partial charge is 0.135 e. The number of nitrogens with two attached hydrogens (primary N) is 1. The van der Waals surface area contributed by atoms with E-state index in [1.165, 1.54) is 6.07 Å². The summed E-state index contributed by atoms with van der Waals surface area (Å²) in [6, 6.07) is 4.81. The van der Waals surface area contributed by atoms with Crippen molar-refractivity contribution >= 4 is 22.9 Å². The summed E-state index contributed by atoms with van der Waals surface area (Å²) in [5.74, 6) is 0.0774. The first kappa shape index (κ1) is 13.2. The van der Waals surface area contributed by atoms with Crippen molar-refractivity contribution in [1.29, 1.82) is 0 Å². The van der Waals surface area contributed by atoms with Crippen LogP contribution in [0.3, 0.4) is 0 Å². The predicted molar refractivity (Wildman–Crippen MR) is 74.3 cm³/mol. The second-order valence-electron chi connectivity index (χ2n) is 4.49. The Balaban J connectivity index is 2.04. The molecule has 0 saturated carbocycles. The summed E-state index contributed by atoms with van der Waals surface area (Å²) in [6.07, 6.45) is 2.21. The molecule has 1 unspecified atom stereocenters. The molecule has 0 spiro atoms. The number of nitrogens with one attached hydrogen (secondary N) is 1. The van der Waals surface area contributed by atoms with E-state index in [-0.39, 0.29) is 10.8 Å². The van der Waals surface area contributed by atoms with Gasteiger partial charge in [-0.3, -0.25) is 0 Å². The van der Waals surface area contributed by atoms with E-state index in [4.69, 9.17) is 22.7 Å². The van der Waals surface area contributed by atoms with Crippen molar-refractivity contribution in [3.05, 3.63) is 29.6 Å². The van der Waals surface area contributed by atoms with Crippen LogP contribution in [-0.2, 0) is 4.74 Å². The second-order valence-corrected chi connectivity index (χ2v) is 4.93. The van der Waals surface area contributed by atoms with Gasteiger partial charge in [0.25, 0.3) is 0 Å². The lowest BCUT2D eigenvalue weighted by Crippen LogP contribution is -2.25. The van der Waals surface area contributed by atoms with Crippen molar-refractivity contribution in [2.45, 2.75) is 12.8 Å². The number of hydrogen-bond donors (Lipinski definition) is 2. The van der Waals surface area contributed by atoms with Crippen molar-refractivity contribution in [3.8, 4) is 0 Å². The normalized spacial score (nSPS) is 19.5. The molecule has 2 rings (SSSR count). The van der Waals surface area contributed by atoms with Crippen LogP contribution in [0.15, 0.2) is 18.2 Å². The van der Waals surface area contributed by atoms with E-state index < -0.39 is 0 Å². The highest BCUT2D eigenvalue weighted by Gasteiger charge is 2.15. The molecule has 1 aromatic rings. The minimum Gasteiger partial charge on any atom is -0.389 e. The van der Waals surface area contributed by atoms with Crippen LogP contribution in [0.1, 0.15) is 18.4 Å². The van der Waals surface area contributed by atoms with E-state index >= 15 is 0 Å². The first-order valence-corrected chi connectivity index (χ1v) is 6.49. The average Bonchev–Trinajstić information content (AvgIpc) is 2.37. The van der Waals surface area contributed by atoms with Gasteiger partial charge in [0.2, 0.25) is 0 Å². The third-order valence-electron chi connectivity index (χ3n) is 3.10. The minimum atomic E-state index is -0.382. The van der Waals surface area contributed by atoms with Crippen LogP contribution in [0, 0.1) is 11.7 Å². The molecule has 1 aliphatic heterocycles. The van der Waals surface area contributed by atoms with Crippen LogP contribution >= 0.6 is 12.2 Å². The number of halogens is 1. The molecule has 1 atom stereocenters. The molecule has 0 amide bonds. The lowest BCUT2D eigenvalue weighted by atomic mass is 10.0. The topological polar surface area (TPSA) is 47.3 Å². The second kappa shape index (κ2) is 6.11. The Kier molecular flexibility index (Phi) is 4.49. The number of thiocarbonyl (C=S) groups is 1. The summed E-state index contributed by atoms with van der Waals surface area (Å²) in [5, 5.41) is 3.22. The molecule has 1 aliphatic rings. The fourth-order valence-corrected chi connectivity index (χ4v) is 2.35. The first-order chi connectivity index (χ1) is 8.68. The van der Waals surface area contributed by atoms with E-state index in [0.29, 0.717) is 17.2 Å². The third kappa shape index (κ3) is 3.17. The van der Waals surface area contributed by atoms with Crippen molar-refractivity contribution in [1.82, 2.24) is 0 Å². The molecule has 98 valence electrons. The van der Waals surface area contributed by atoms with Gasteiger partial charge in [0, 0.05) is 18.8 Å². The van der Waals surface area contributed by atoms with Gasteiger partial charge in [-0.1, -0.05) is 18.3 Å². The van der Waals surface area contributed by atoms with Crippen molar-refractivity contribution < 1.29 is 9.13 Å². The number of benzene rings is 1. The Labute approximate surface area is 112 Å². The summed E-state index contributed by atoms with van der Waals surface area (Å²) in [4.78, 5) is 0.0792. The molecular formula is C13H17FN2OS. The molecular weight excluding hydrogens is 251 g/mol. The molecule has 1 saturated heterocycles. The van der Waals surface area contributed by atoms with E-state index in [9.17, 15) is 4.39 Å². The Bertz CT molecular complexity index is 433. The monoisotopic (exact) mass is 268 g/mol. The van der Waals surface area contributed by atoms with Crippen LogP contribution in [0.4, 0.5) is 10.1 Å². The van der Waals surface area contributed by atoms with Gasteiger partial charge < -0.3 is 15.8 Å². The third-order valence-corrected chi connectivity index (χ3v) is 3.30. The van der Waals surface area contributed by atoms with Gasteiger partial charge in [-0.15, -0.1) is 0 Å². The quantitative estimate of drug-likeness (QED) is 0.823. The molecule has 0 radical (unpaired) electrons. The highest BCUT2D eigenvalue weighted by molar-refractivity contribution is 7.80. The Hall–Kier alpha value is -1.20. The fourth-order valence-electron chi connectivity index (χ4n) is 2.14. The highest BCUT2D eigenvalue weighted by atomic mass is 32.1. The summed E-state index contributed by atoms with van der Waals surface area (Å²) in [7, 11) is 0. The van der Waals surface area contributed by atoms with Gasteiger partial charge >= 0.3 is 0 Å². The van der Waals surface area contributed by atoms with Gasteiger partial charge in [-0.2, -0.15) is 0 Å². The standard InChI is InChI=1S/C13H17FN2OS/c14-10-4-1-5-11(12(10)13(15)18)16-7-9-3-2-6-17-8-9/h1,4-5,9,16H,2-3,6-8H2,(H2,15,18). The van der Waals surface area contributed by atoms with Crippen molar-refractivity contribution in [3.63, 3.8) is 0 Å². The fraction of sp³-hybridized carbons (Fsp3) is 0.462. The van der Waals surface area contributed by atoms with Gasteiger partial charge in [-0.25, -0.2) is 4.39 Å². The zero-order valence-corrected chi connectivity index (χ0v) is 10.9.